The number of sulfonamides is 1. The third-order valence-electron chi connectivity index (χ3n) is 3.86. The number of carbonyl (C=O) groups excluding carboxylic acids is 1. The van der Waals surface area contributed by atoms with E-state index < -0.39 is 56.8 Å². The molecule has 0 unspecified atom stereocenters. The number of rotatable bonds is 4. The maximum atomic E-state index is 14.5. The smallest absolute Gasteiger partial charge is 0.457 e. The van der Waals surface area contributed by atoms with Gasteiger partial charge in [-0.25, -0.2) is 27.1 Å². The van der Waals surface area contributed by atoms with Crippen LogP contribution in [0.2, 0.25) is 0 Å². The Balaban J connectivity index is 2.15. The van der Waals surface area contributed by atoms with Crippen LogP contribution in [0.5, 0.6) is 5.75 Å². The second-order valence-electron chi connectivity index (χ2n) is 5.81. The zero-order valence-corrected chi connectivity index (χ0v) is 14.9. The molecule has 2 aromatic carbocycles. The number of halogens is 5. The molecule has 0 saturated heterocycles. The van der Waals surface area contributed by atoms with Gasteiger partial charge in [0.25, 0.3) is 0 Å². The molecule has 2 aromatic rings. The Bertz CT molecular complexity index is 1140. The summed E-state index contributed by atoms with van der Waals surface area (Å²) < 4.78 is 97.1. The second kappa shape index (κ2) is 7.12. The van der Waals surface area contributed by atoms with Crippen LogP contribution in [0.15, 0.2) is 41.3 Å². The van der Waals surface area contributed by atoms with Crippen molar-refractivity contribution in [3.05, 3.63) is 59.2 Å². The van der Waals surface area contributed by atoms with Crippen LogP contribution < -0.4 is 9.88 Å². The Morgan fingerprint density at radius 3 is 2.38 bits per heavy atom. The zero-order chi connectivity index (χ0) is 21.6. The minimum absolute atomic E-state index is 0.0976. The summed E-state index contributed by atoms with van der Waals surface area (Å²) in [6, 6.07) is 5.13. The van der Waals surface area contributed by atoms with Crippen LogP contribution in [0.3, 0.4) is 0 Å². The van der Waals surface area contributed by atoms with Gasteiger partial charge in [-0.15, -0.1) is 13.2 Å². The van der Waals surface area contributed by atoms with Crippen molar-refractivity contribution in [2.24, 2.45) is 5.14 Å². The first-order valence-corrected chi connectivity index (χ1v) is 9.20. The lowest BCUT2D eigenvalue weighted by molar-refractivity contribution is -0.274. The van der Waals surface area contributed by atoms with Crippen molar-refractivity contribution in [3.8, 4) is 5.75 Å². The van der Waals surface area contributed by atoms with Crippen molar-refractivity contribution >= 4 is 27.1 Å². The van der Waals surface area contributed by atoms with Gasteiger partial charge in [-0.3, -0.25) is 0 Å². The van der Waals surface area contributed by atoms with E-state index >= 15 is 0 Å². The van der Waals surface area contributed by atoms with E-state index in [0.29, 0.717) is 12.1 Å². The maximum Gasteiger partial charge on any atom is 0.573 e. The summed E-state index contributed by atoms with van der Waals surface area (Å²) in [6.45, 7) is -0.510. The van der Waals surface area contributed by atoms with Gasteiger partial charge in [-0.1, -0.05) is 12.1 Å². The number of ether oxygens (including phenoxy) is 2. The Hall–Kier alpha value is -2.99. The van der Waals surface area contributed by atoms with Crippen LogP contribution in [-0.2, 0) is 19.6 Å². The van der Waals surface area contributed by atoms with Crippen LogP contribution in [0.4, 0.5) is 22.0 Å². The molecule has 29 heavy (non-hydrogen) atoms. The topological polar surface area (TPSA) is 95.7 Å². The number of nitrogens with two attached hydrogens (primary N) is 1. The highest BCUT2D eigenvalue weighted by atomic mass is 32.2. The average Bonchev–Trinajstić information content (AvgIpc) is 2.95. The molecule has 0 spiro atoms. The zero-order valence-electron chi connectivity index (χ0n) is 14.1. The number of hydrogen-bond acceptors (Lipinski definition) is 5. The lowest BCUT2D eigenvalue weighted by atomic mass is 9.96. The molecule has 1 heterocycles. The van der Waals surface area contributed by atoms with Crippen molar-refractivity contribution in [2.75, 3.05) is 6.61 Å². The van der Waals surface area contributed by atoms with E-state index in [4.69, 9.17) is 9.88 Å². The Kier molecular flexibility index (Phi) is 5.09. The summed E-state index contributed by atoms with van der Waals surface area (Å²) in [6.07, 6.45) is -4.98. The number of esters is 1. The predicted molar refractivity (Wildman–Crippen MR) is 88.6 cm³/mol. The maximum absolute atomic E-state index is 14.5. The molecule has 3 rings (SSSR count). The first-order chi connectivity index (χ1) is 13.4. The van der Waals surface area contributed by atoms with E-state index in [1.807, 2.05) is 0 Å². The van der Waals surface area contributed by atoms with Crippen LogP contribution in [-0.4, -0.2) is 27.4 Å². The third kappa shape index (κ3) is 4.38. The normalized spacial score (nSPS) is 14.9. The molecule has 0 saturated carbocycles. The number of benzene rings is 2. The molecule has 2 N–H and O–H groups in total. The van der Waals surface area contributed by atoms with Crippen molar-refractivity contribution in [1.82, 2.24) is 0 Å². The van der Waals surface area contributed by atoms with Crippen LogP contribution in [0.1, 0.15) is 11.1 Å². The molecule has 1 aliphatic heterocycles. The fraction of sp³-hybridized carbons (Fsp3) is 0.118. The molecule has 0 atom stereocenters. The summed E-state index contributed by atoms with van der Waals surface area (Å²) in [4.78, 5) is 11.0. The number of carbonyl (C=O) groups is 1. The largest absolute Gasteiger partial charge is 0.573 e. The van der Waals surface area contributed by atoms with Crippen LogP contribution >= 0.6 is 0 Å². The van der Waals surface area contributed by atoms with Gasteiger partial charge in [0.2, 0.25) is 10.0 Å². The van der Waals surface area contributed by atoms with E-state index in [0.717, 1.165) is 18.2 Å². The van der Waals surface area contributed by atoms with Gasteiger partial charge in [0, 0.05) is 11.1 Å². The highest BCUT2D eigenvalue weighted by Gasteiger charge is 2.33. The van der Waals surface area contributed by atoms with Gasteiger partial charge in [0.15, 0.2) is 0 Å². The highest BCUT2D eigenvalue weighted by Crippen LogP contribution is 2.36. The SMILES string of the molecule is NS(=O)(=O)c1cc(F)c(C2=C(c3cccc(OC(F)(F)F)c3)C(=O)OC2)cc1F. The Labute approximate surface area is 160 Å². The molecule has 12 heteroatoms. The standard InChI is InChI=1S/C17H10F5NO5S/c18-12-6-14(29(23,25)26)13(19)5-10(12)11-7-27-16(24)15(11)8-2-1-3-9(4-8)28-17(20,21)22/h1-6H,7H2,(H2,23,25,26). The fourth-order valence-corrected chi connectivity index (χ4v) is 3.33. The number of cyclic esters (lactones) is 1. The first kappa shape index (κ1) is 20.7. The van der Waals surface area contributed by atoms with Crippen LogP contribution in [0.25, 0.3) is 11.1 Å². The van der Waals surface area contributed by atoms with E-state index in [1.54, 1.807) is 0 Å². The van der Waals surface area contributed by atoms with Crippen molar-refractivity contribution in [3.63, 3.8) is 0 Å². The molecule has 154 valence electrons. The van der Waals surface area contributed by atoms with Gasteiger partial charge < -0.3 is 9.47 Å². The molecule has 0 aromatic heterocycles. The number of alkyl halides is 3. The number of hydrogen-bond donors (Lipinski definition) is 1. The molecule has 6 nitrogen and oxygen atoms in total. The minimum Gasteiger partial charge on any atom is -0.457 e. The molecular formula is C17H10F5NO5S. The summed E-state index contributed by atoms with van der Waals surface area (Å²) >= 11 is 0. The summed E-state index contributed by atoms with van der Waals surface area (Å²) in [5, 5.41) is 4.81. The molecule has 0 radical (unpaired) electrons. The molecule has 0 aliphatic carbocycles. The van der Waals surface area contributed by atoms with Crippen LogP contribution in [0, 0.1) is 11.6 Å². The Morgan fingerprint density at radius 1 is 1.07 bits per heavy atom. The quantitative estimate of drug-likeness (QED) is 0.589. The van der Waals surface area contributed by atoms with Gasteiger partial charge in [-0.2, -0.15) is 0 Å². The molecule has 0 bridgehead atoms. The molecule has 0 amide bonds. The first-order valence-electron chi connectivity index (χ1n) is 7.65. The highest BCUT2D eigenvalue weighted by molar-refractivity contribution is 7.89. The van der Waals surface area contributed by atoms with Gasteiger partial charge in [0.05, 0.1) is 5.57 Å². The number of primary sulfonamides is 1. The summed E-state index contributed by atoms with van der Waals surface area (Å²) in [5.41, 5.74) is -1.10. The Morgan fingerprint density at radius 2 is 1.76 bits per heavy atom. The monoisotopic (exact) mass is 435 g/mol. The van der Waals surface area contributed by atoms with E-state index in [2.05, 4.69) is 4.74 Å². The van der Waals surface area contributed by atoms with Crippen molar-refractivity contribution < 1.29 is 44.6 Å². The second-order valence-corrected chi connectivity index (χ2v) is 7.34. The predicted octanol–water partition coefficient (Wildman–Crippen LogP) is 2.98. The van der Waals surface area contributed by atoms with Gasteiger partial charge in [0.1, 0.15) is 28.9 Å². The summed E-state index contributed by atoms with van der Waals surface area (Å²) in [5.74, 6) is -4.22. The molecule has 1 aliphatic rings. The summed E-state index contributed by atoms with van der Waals surface area (Å²) in [7, 11) is -4.55. The van der Waals surface area contributed by atoms with Crippen molar-refractivity contribution in [2.45, 2.75) is 11.3 Å². The third-order valence-corrected chi connectivity index (χ3v) is 4.79. The lowest BCUT2D eigenvalue weighted by Gasteiger charge is -2.11. The average molecular weight is 435 g/mol. The molecular weight excluding hydrogens is 425 g/mol. The fourth-order valence-electron chi connectivity index (χ4n) is 2.74. The lowest BCUT2D eigenvalue weighted by Crippen LogP contribution is -2.17. The van der Waals surface area contributed by atoms with E-state index in [1.165, 1.54) is 6.07 Å². The van der Waals surface area contributed by atoms with Gasteiger partial charge >= 0.3 is 12.3 Å². The van der Waals surface area contributed by atoms with Crippen molar-refractivity contribution in [1.29, 1.82) is 0 Å². The van der Waals surface area contributed by atoms with Gasteiger partial charge in [-0.05, 0) is 29.8 Å². The molecule has 0 fully saturated rings. The van der Waals surface area contributed by atoms with E-state index in [9.17, 15) is 35.2 Å². The van der Waals surface area contributed by atoms with E-state index in [-0.39, 0.29) is 16.7 Å². The minimum atomic E-state index is -4.98.